The van der Waals surface area contributed by atoms with E-state index in [0.29, 0.717) is 19.7 Å². The molecule has 0 aromatic rings. The Hall–Kier alpha value is -1.46. The third kappa shape index (κ3) is 18.6. The molecule has 6 heteroatoms. The summed E-state index contributed by atoms with van der Waals surface area (Å²) in [4.78, 5) is 21.5. The Morgan fingerprint density at radius 3 is 1.67 bits per heavy atom. The number of unbranched alkanes of at least 4 members (excludes halogenated alkanes) is 10. The number of hydrogen-bond acceptors (Lipinski definition) is 3. The summed E-state index contributed by atoms with van der Waals surface area (Å²) in [6.07, 6.45) is 12.3. The van der Waals surface area contributed by atoms with E-state index in [1.807, 2.05) is 0 Å². The first-order chi connectivity index (χ1) is 11.7. The van der Waals surface area contributed by atoms with Crippen LogP contribution in [0.25, 0.3) is 0 Å². The number of alkyl carbamates (subject to hydrolysis) is 1. The van der Waals surface area contributed by atoms with Crippen LogP contribution in [0.15, 0.2) is 0 Å². The summed E-state index contributed by atoms with van der Waals surface area (Å²) in [5, 5.41) is 13.6. The number of hydrogen-bond donors (Lipinski definition) is 3. The summed E-state index contributed by atoms with van der Waals surface area (Å²) in [6, 6.07) is 0. The van der Waals surface area contributed by atoms with Crippen molar-refractivity contribution < 1.29 is 19.4 Å². The molecule has 0 rings (SSSR count). The van der Waals surface area contributed by atoms with Gasteiger partial charge in [-0.2, -0.15) is 0 Å². The first-order valence-electron chi connectivity index (χ1n) is 9.54. The summed E-state index contributed by atoms with van der Waals surface area (Å²) >= 11 is 0. The van der Waals surface area contributed by atoms with Gasteiger partial charge in [-0.3, -0.25) is 0 Å². The van der Waals surface area contributed by atoms with Crippen molar-refractivity contribution in [3.05, 3.63) is 0 Å². The van der Waals surface area contributed by atoms with Crippen molar-refractivity contribution in [2.45, 2.75) is 84.0 Å². The average Bonchev–Trinajstić information content (AvgIpc) is 2.55. The van der Waals surface area contributed by atoms with E-state index in [1.165, 1.54) is 38.5 Å². The number of ether oxygens (including phenoxy) is 1. The van der Waals surface area contributed by atoms with E-state index in [4.69, 9.17) is 9.84 Å². The van der Waals surface area contributed by atoms with Crippen molar-refractivity contribution in [3.8, 4) is 0 Å². The van der Waals surface area contributed by atoms with Gasteiger partial charge in [0.05, 0.1) is 6.61 Å². The smallest absolute Gasteiger partial charge is 0.407 e. The van der Waals surface area contributed by atoms with Gasteiger partial charge in [0, 0.05) is 13.1 Å². The Morgan fingerprint density at radius 1 is 0.750 bits per heavy atom. The zero-order chi connectivity index (χ0) is 17.9. The van der Waals surface area contributed by atoms with Crippen LogP contribution >= 0.6 is 0 Å². The predicted octanol–water partition coefficient (Wildman–Crippen LogP) is 4.68. The molecule has 0 bridgehead atoms. The van der Waals surface area contributed by atoms with Crippen LogP contribution in [0, 0.1) is 0 Å². The molecule has 0 unspecified atom stereocenters. The monoisotopic (exact) mass is 344 g/mol. The van der Waals surface area contributed by atoms with Crippen LogP contribution in [0.5, 0.6) is 0 Å². The lowest BCUT2D eigenvalue weighted by Gasteiger charge is -2.06. The number of amides is 2. The first-order valence-corrected chi connectivity index (χ1v) is 9.54. The molecule has 3 N–H and O–H groups in total. The minimum atomic E-state index is -0.932. The molecule has 0 aliphatic carbocycles. The topological polar surface area (TPSA) is 87.7 Å². The SMILES string of the molecule is CCCCOC(=O)NCCCCCCCCCCCCNC(=O)O. The third-order valence-corrected chi connectivity index (χ3v) is 3.88. The number of nitrogens with one attached hydrogen (secondary N) is 2. The Morgan fingerprint density at radius 2 is 1.21 bits per heavy atom. The largest absolute Gasteiger partial charge is 0.465 e. The van der Waals surface area contributed by atoms with Gasteiger partial charge in [0.25, 0.3) is 0 Å². The van der Waals surface area contributed by atoms with E-state index >= 15 is 0 Å². The van der Waals surface area contributed by atoms with Crippen molar-refractivity contribution in [1.82, 2.24) is 10.6 Å². The molecule has 0 radical (unpaired) electrons. The normalized spacial score (nSPS) is 10.4. The van der Waals surface area contributed by atoms with Crippen LogP contribution in [-0.2, 0) is 4.74 Å². The quantitative estimate of drug-likeness (QED) is 0.355. The number of carbonyl (C=O) groups excluding carboxylic acids is 1. The molecule has 2 amide bonds. The predicted molar refractivity (Wildman–Crippen MR) is 96.5 cm³/mol. The van der Waals surface area contributed by atoms with Gasteiger partial charge in [-0.1, -0.05) is 64.7 Å². The second-order valence-electron chi connectivity index (χ2n) is 6.18. The lowest BCUT2D eigenvalue weighted by molar-refractivity contribution is 0.144. The molecule has 24 heavy (non-hydrogen) atoms. The zero-order valence-electron chi connectivity index (χ0n) is 15.3. The van der Waals surface area contributed by atoms with Gasteiger partial charge >= 0.3 is 12.2 Å². The molecule has 142 valence electrons. The molecule has 0 aliphatic rings. The highest BCUT2D eigenvalue weighted by Gasteiger charge is 2.00. The second-order valence-corrected chi connectivity index (χ2v) is 6.18. The Labute approximate surface area is 146 Å². The van der Waals surface area contributed by atoms with Crippen LogP contribution < -0.4 is 10.6 Å². The fourth-order valence-corrected chi connectivity index (χ4v) is 2.41. The maximum atomic E-state index is 11.3. The highest BCUT2D eigenvalue weighted by Crippen LogP contribution is 2.10. The average molecular weight is 344 g/mol. The van der Waals surface area contributed by atoms with Crippen molar-refractivity contribution in [3.63, 3.8) is 0 Å². The van der Waals surface area contributed by atoms with Gasteiger partial charge in [0.15, 0.2) is 0 Å². The minimum absolute atomic E-state index is 0.290. The maximum absolute atomic E-state index is 11.3. The Bertz CT molecular complexity index is 311. The van der Waals surface area contributed by atoms with Crippen LogP contribution in [-0.4, -0.2) is 37.0 Å². The molecular weight excluding hydrogens is 308 g/mol. The van der Waals surface area contributed by atoms with Gasteiger partial charge in [-0.05, 0) is 19.3 Å². The van der Waals surface area contributed by atoms with Gasteiger partial charge < -0.3 is 20.5 Å². The van der Waals surface area contributed by atoms with Crippen molar-refractivity contribution in [2.24, 2.45) is 0 Å². The molecule has 6 nitrogen and oxygen atoms in total. The van der Waals surface area contributed by atoms with Crippen LogP contribution in [0.2, 0.25) is 0 Å². The lowest BCUT2D eigenvalue weighted by Crippen LogP contribution is -2.25. The van der Waals surface area contributed by atoms with Crippen molar-refractivity contribution in [2.75, 3.05) is 19.7 Å². The highest BCUT2D eigenvalue weighted by molar-refractivity contribution is 5.66. The number of rotatable bonds is 16. The Kier molecular flexibility index (Phi) is 16.8. The maximum Gasteiger partial charge on any atom is 0.407 e. The summed E-state index contributed by atoms with van der Waals surface area (Å²) in [5.74, 6) is 0. The van der Waals surface area contributed by atoms with E-state index in [2.05, 4.69) is 17.6 Å². The number of carbonyl (C=O) groups is 2. The van der Waals surface area contributed by atoms with Crippen LogP contribution in [0.1, 0.15) is 84.0 Å². The fraction of sp³-hybridized carbons (Fsp3) is 0.889. The molecule has 0 aliphatic heterocycles. The van der Waals surface area contributed by atoms with Crippen LogP contribution in [0.3, 0.4) is 0 Å². The molecule has 0 saturated heterocycles. The zero-order valence-corrected chi connectivity index (χ0v) is 15.3. The standard InChI is InChI=1S/C18H36N2O4/c1-2-3-16-24-18(23)20-15-13-11-9-7-5-4-6-8-10-12-14-19-17(21)22/h19H,2-16H2,1H3,(H,20,23)(H,21,22). The summed E-state index contributed by atoms with van der Waals surface area (Å²) in [7, 11) is 0. The van der Waals surface area contributed by atoms with E-state index in [0.717, 1.165) is 38.5 Å². The molecular formula is C18H36N2O4. The summed E-state index contributed by atoms with van der Waals surface area (Å²) < 4.78 is 5.02. The molecule has 0 fully saturated rings. The third-order valence-electron chi connectivity index (χ3n) is 3.88. The van der Waals surface area contributed by atoms with Gasteiger partial charge in [-0.15, -0.1) is 0 Å². The van der Waals surface area contributed by atoms with E-state index in [1.54, 1.807) is 0 Å². The second kappa shape index (κ2) is 17.9. The lowest BCUT2D eigenvalue weighted by atomic mass is 10.1. The van der Waals surface area contributed by atoms with Crippen LogP contribution in [0.4, 0.5) is 9.59 Å². The minimum Gasteiger partial charge on any atom is -0.465 e. The highest BCUT2D eigenvalue weighted by atomic mass is 16.5. The van der Waals surface area contributed by atoms with Crippen molar-refractivity contribution in [1.29, 1.82) is 0 Å². The van der Waals surface area contributed by atoms with Crippen molar-refractivity contribution >= 4 is 12.2 Å². The molecule has 0 spiro atoms. The molecule has 0 aromatic heterocycles. The van der Waals surface area contributed by atoms with E-state index < -0.39 is 6.09 Å². The Balaban J connectivity index is 3.10. The van der Waals surface area contributed by atoms with E-state index in [9.17, 15) is 9.59 Å². The fourth-order valence-electron chi connectivity index (χ4n) is 2.41. The van der Waals surface area contributed by atoms with E-state index in [-0.39, 0.29) is 6.09 Å². The molecule has 0 aromatic carbocycles. The summed E-state index contributed by atoms with van der Waals surface area (Å²) in [5.41, 5.74) is 0. The van der Waals surface area contributed by atoms with Gasteiger partial charge in [0.2, 0.25) is 0 Å². The van der Waals surface area contributed by atoms with Gasteiger partial charge in [-0.25, -0.2) is 9.59 Å². The molecule has 0 heterocycles. The molecule has 0 atom stereocenters. The first kappa shape index (κ1) is 22.5. The summed E-state index contributed by atoms with van der Waals surface area (Å²) in [6.45, 7) is 3.85. The molecule has 0 saturated carbocycles. The number of carboxylic acid groups (broad SMARTS) is 1. The van der Waals surface area contributed by atoms with Gasteiger partial charge in [0.1, 0.15) is 0 Å².